The largest absolute Gasteiger partial charge is 0.315 e. The second-order valence-corrected chi connectivity index (χ2v) is 2.74. The summed E-state index contributed by atoms with van der Waals surface area (Å²) in [5.41, 5.74) is 2.79. The Hall–Kier alpha value is -0.120. The number of piperidine rings is 1. The summed E-state index contributed by atoms with van der Waals surface area (Å²) in [5.74, 6) is 6.02. The zero-order chi connectivity index (χ0) is 6.69. The maximum atomic E-state index is 5.30. The van der Waals surface area contributed by atoms with Crippen LogP contribution >= 0.6 is 0 Å². The lowest BCUT2D eigenvalue weighted by atomic mass is 9.96. The van der Waals surface area contributed by atoms with Gasteiger partial charge >= 0.3 is 0 Å². The molecular formula is C6H15N3. The fourth-order valence-corrected chi connectivity index (χ4v) is 1.21. The lowest BCUT2D eigenvalue weighted by Crippen LogP contribution is -2.50. The fraction of sp³-hybridized carbons (Fsp3) is 1.00. The maximum absolute atomic E-state index is 5.30. The van der Waals surface area contributed by atoms with E-state index in [1.807, 2.05) is 0 Å². The van der Waals surface area contributed by atoms with Crippen LogP contribution in [-0.4, -0.2) is 19.1 Å². The monoisotopic (exact) mass is 129 g/mol. The van der Waals surface area contributed by atoms with Gasteiger partial charge in [0.25, 0.3) is 0 Å². The van der Waals surface area contributed by atoms with Gasteiger partial charge in [-0.25, -0.2) is 0 Å². The van der Waals surface area contributed by atoms with Crippen LogP contribution in [0.25, 0.3) is 0 Å². The first-order chi connectivity index (χ1) is 4.34. The Bertz CT molecular complexity index is 84.4. The molecule has 1 heterocycles. The third-order valence-electron chi connectivity index (χ3n) is 2.04. The van der Waals surface area contributed by atoms with Crippen molar-refractivity contribution in [2.24, 2.45) is 11.8 Å². The number of hydrazine groups is 1. The Balaban J connectivity index is 2.30. The first kappa shape index (κ1) is 6.99. The molecule has 1 rings (SSSR count). The van der Waals surface area contributed by atoms with Gasteiger partial charge in [-0.05, 0) is 18.9 Å². The van der Waals surface area contributed by atoms with E-state index in [9.17, 15) is 0 Å². The Labute approximate surface area is 56.0 Å². The molecule has 0 amide bonds. The fourth-order valence-electron chi connectivity index (χ4n) is 1.21. The van der Waals surface area contributed by atoms with Crippen LogP contribution < -0.4 is 16.6 Å². The third kappa shape index (κ3) is 1.64. The molecule has 9 heavy (non-hydrogen) atoms. The van der Waals surface area contributed by atoms with Crippen molar-refractivity contribution in [3.63, 3.8) is 0 Å². The van der Waals surface area contributed by atoms with Crippen molar-refractivity contribution in [1.29, 1.82) is 0 Å². The second-order valence-electron chi connectivity index (χ2n) is 2.74. The summed E-state index contributed by atoms with van der Waals surface area (Å²) < 4.78 is 0. The average molecular weight is 129 g/mol. The van der Waals surface area contributed by atoms with E-state index in [2.05, 4.69) is 17.7 Å². The van der Waals surface area contributed by atoms with Crippen LogP contribution in [0.1, 0.15) is 13.3 Å². The molecule has 0 aromatic carbocycles. The molecule has 0 aliphatic carbocycles. The van der Waals surface area contributed by atoms with Crippen molar-refractivity contribution in [2.75, 3.05) is 13.1 Å². The van der Waals surface area contributed by atoms with Crippen LogP contribution in [0.4, 0.5) is 0 Å². The third-order valence-corrected chi connectivity index (χ3v) is 2.04. The topological polar surface area (TPSA) is 50.1 Å². The first-order valence-electron chi connectivity index (χ1n) is 3.51. The Kier molecular flexibility index (Phi) is 2.45. The molecule has 0 spiro atoms. The molecule has 0 unspecified atom stereocenters. The smallest absolute Gasteiger partial charge is 0.0361 e. The van der Waals surface area contributed by atoms with Crippen LogP contribution in [0.5, 0.6) is 0 Å². The molecule has 4 N–H and O–H groups in total. The van der Waals surface area contributed by atoms with Gasteiger partial charge < -0.3 is 5.32 Å². The Morgan fingerprint density at radius 3 is 2.89 bits per heavy atom. The summed E-state index contributed by atoms with van der Waals surface area (Å²) >= 11 is 0. The molecule has 0 saturated carbocycles. The van der Waals surface area contributed by atoms with Crippen molar-refractivity contribution in [1.82, 2.24) is 10.7 Å². The normalized spacial score (nSPS) is 36.7. The highest BCUT2D eigenvalue weighted by Crippen LogP contribution is 2.09. The van der Waals surface area contributed by atoms with Crippen LogP contribution in [-0.2, 0) is 0 Å². The molecule has 1 aliphatic heterocycles. The van der Waals surface area contributed by atoms with Gasteiger partial charge in [0.1, 0.15) is 0 Å². The van der Waals surface area contributed by atoms with Gasteiger partial charge in [-0.15, -0.1) is 0 Å². The lowest BCUT2D eigenvalue weighted by Gasteiger charge is -2.28. The van der Waals surface area contributed by atoms with E-state index in [1.165, 1.54) is 6.42 Å². The zero-order valence-electron chi connectivity index (χ0n) is 5.85. The molecule has 1 fully saturated rings. The molecule has 54 valence electrons. The first-order valence-corrected chi connectivity index (χ1v) is 3.51. The van der Waals surface area contributed by atoms with Crippen LogP contribution in [0, 0.1) is 5.92 Å². The highest BCUT2D eigenvalue weighted by atomic mass is 15.2. The summed E-state index contributed by atoms with van der Waals surface area (Å²) in [6.45, 7) is 4.38. The van der Waals surface area contributed by atoms with Gasteiger partial charge in [0.05, 0.1) is 0 Å². The average Bonchev–Trinajstić information content (AvgIpc) is 1.89. The minimum Gasteiger partial charge on any atom is -0.315 e. The second kappa shape index (κ2) is 3.15. The number of nitrogens with one attached hydrogen (secondary N) is 2. The molecule has 3 nitrogen and oxygen atoms in total. The Morgan fingerprint density at radius 2 is 2.44 bits per heavy atom. The predicted octanol–water partition coefficient (Wildman–Crippen LogP) is -0.552. The zero-order valence-corrected chi connectivity index (χ0v) is 5.85. The molecule has 3 heteroatoms. The molecule has 0 aromatic heterocycles. The molecule has 1 aliphatic rings. The molecule has 2 atom stereocenters. The van der Waals surface area contributed by atoms with E-state index in [0.717, 1.165) is 19.0 Å². The molecule has 0 radical (unpaired) electrons. The molecule has 0 aromatic rings. The lowest BCUT2D eigenvalue weighted by molar-refractivity contribution is 0.300. The maximum Gasteiger partial charge on any atom is 0.0361 e. The number of hydrogen-bond acceptors (Lipinski definition) is 3. The predicted molar refractivity (Wildman–Crippen MR) is 37.8 cm³/mol. The van der Waals surface area contributed by atoms with E-state index in [1.54, 1.807) is 0 Å². The molecular weight excluding hydrogens is 114 g/mol. The quantitative estimate of drug-likeness (QED) is 0.329. The standard InChI is InChI=1S/C6H15N3/c1-5-2-3-8-4-6(5)9-7/h5-6,8-9H,2-4,7H2,1H3/t5-,6-/m1/s1. The summed E-state index contributed by atoms with van der Waals surface area (Å²) in [5, 5.41) is 3.27. The number of nitrogens with two attached hydrogens (primary N) is 1. The van der Waals surface area contributed by atoms with Crippen molar-refractivity contribution >= 4 is 0 Å². The van der Waals surface area contributed by atoms with Crippen molar-refractivity contribution in [2.45, 2.75) is 19.4 Å². The van der Waals surface area contributed by atoms with Crippen LogP contribution in [0.3, 0.4) is 0 Å². The van der Waals surface area contributed by atoms with E-state index in [0.29, 0.717) is 6.04 Å². The number of hydrogen-bond donors (Lipinski definition) is 3. The van der Waals surface area contributed by atoms with Crippen LogP contribution in [0.2, 0.25) is 0 Å². The van der Waals surface area contributed by atoms with Gasteiger partial charge in [0.2, 0.25) is 0 Å². The summed E-state index contributed by atoms with van der Waals surface area (Å²) in [6, 6.07) is 0.471. The highest BCUT2D eigenvalue weighted by Gasteiger charge is 2.18. The minimum atomic E-state index is 0.471. The minimum absolute atomic E-state index is 0.471. The van der Waals surface area contributed by atoms with Gasteiger partial charge in [-0.2, -0.15) is 0 Å². The van der Waals surface area contributed by atoms with E-state index < -0.39 is 0 Å². The van der Waals surface area contributed by atoms with E-state index >= 15 is 0 Å². The van der Waals surface area contributed by atoms with E-state index in [4.69, 9.17) is 5.84 Å². The number of rotatable bonds is 1. The highest BCUT2D eigenvalue weighted by molar-refractivity contribution is 4.78. The van der Waals surface area contributed by atoms with Crippen molar-refractivity contribution < 1.29 is 0 Å². The molecule has 0 bridgehead atoms. The van der Waals surface area contributed by atoms with Gasteiger partial charge in [-0.3, -0.25) is 11.3 Å². The van der Waals surface area contributed by atoms with Crippen molar-refractivity contribution in [3.8, 4) is 0 Å². The van der Waals surface area contributed by atoms with Gasteiger partial charge in [0.15, 0.2) is 0 Å². The SMILES string of the molecule is C[C@@H]1CCNC[C@H]1NN. The van der Waals surface area contributed by atoms with Gasteiger partial charge in [-0.1, -0.05) is 6.92 Å². The summed E-state index contributed by atoms with van der Waals surface area (Å²) in [7, 11) is 0. The summed E-state index contributed by atoms with van der Waals surface area (Å²) in [4.78, 5) is 0. The van der Waals surface area contributed by atoms with Crippen molar-refractivity contribution in [3.05, 3.63) is 0 Å². The van der Waals surface area contributed by atoms with Crippen LogP contribution in [0.15, 0.2) is 0 Å². The van der Waals surface area contributed by atoms with E-state index in [-0.39, 0.29) is 0 Å². The molecule has 1 saturated heterocycles. The summed E-state index contributed by atoms with van der Waals surface area (Å²) in [6.07, 6.45) is 1.23. The Morgan fingerprint density at radius 1 is 1.67 bits per heavy atom. The van der Waals surface area contributed by atoms with Gasteiger partial charge in [0, 0.05) is 12.6 Å².